The minimum Gasteiger partial charge on any atom is -0.450 e. The Hall–Kier alpha value is -1.03. The van der Waals surface area contributed by atoms with Crippen LogP contribution in [0.2, 0.25) is 0 Å². The molecule has 2 heterocycles. The summed E-state index contributed by atoms with van der Waals surface area (Å²) < 4.78 is 5.93. The first-order valence-electron chi connectivity index (χ1n) is 4.98. The zero-order valence-electron chi connectivity index (χ0n) is 8.28. The first-order chi connectivity index (χ1) is 7.25. The second-order valence-electron chi connectivity index (χ2n) is 3.51. The second kappa shape index (κ2) is 4.66. The number of nitrogens with zero attached hydrogens (tertiary/aromatic N) is 1. The van der Waals surface area contributed by atoms with Gasteiger partial charge in [-0.15, -0.1) is 0 Å². The fraction of sp³-hybridized carbons (Fsp3) is 0.364. The van der Waals surface area contributed by atoms with Crippen molar-refractivity contribution < 1.29 is 9.21 Å². The molecule has 0 aliphatic carbocycles. The molecule has 0 aromatic carbocycles. The normalized spacial score (nSPS) is 16.5. The maximum Gasteiger partial charge on any atom is 0.246 e. The van der Waals surface area contributed by atoms with Crippen molar-refractivity contribution in [3.8, 4) is 0 Å². The Morgan fingerprint density at radius 3 is 2.73 bits per heavy atom. The molecule has 4 heteroatoms. The first kappa shape index (κ1) is 10.5. The lowest BCUT2D eigenvalue weighted by molar-refractivity contribution is -0.124. The Labute approximate surface area is 96.9 Å². The Bertz CT molecular complexity index is 378. The molecule has 0 saturated carbocycles. The summed E-state index contributed by atoms with van der Waals surface area (Å²) in [4.78, 5) is 13.5. The molecule has 80 valence electrons. The second-order valence-corrected chi connectivity index (χ2v) is 4.29. The van der Waals surface area contributed by atoms with E-state index in [1.54, 1.807) is 18.2 Å². The number of amides is 1. The molecular formula is C11H12BrNO2. The van der Waals surface area contributed by atoms with Gasteiger partial charge >= 0.3 is 0 Å². The Morgan fingerprint density at radius 1 is 1.40 bits per heavy atom. The van der Waals surface area contributed by atoms with Gasteiger partial charge in [-0.2, -0.15) is 0 Å². The third-order valence-corrected chi connectivity index (χ3v) is 2.83. The van der Waals surface area contributed by atoms with Gasteiger partial charge in [0.05, 0.1) is 0 Å². The molecule has 0 spiro atoms. The van der Waals surface area contributed by atoms with Crippen molar-refractivity contribution in [2.24, 2.45) is 0 Å². The van der Waals surface area contributed by atoms with E-state index in [1.807, 2.05) is 11.0 Å². The van der Waals surface area contributed by atoms with Crippen molar-refractivity contribution in [3.05, 3.63) is 28.6 Å². The monoisotopic (exact) mass is 269 g/mol. The largest absolute Gasteiger partial charge is 0.450 e. The van der Waals surface area contributed by atoms with Crippen LogP contribution in [0, 0.1) is 0 Å². The summed E-state index contributed by atoms with van der Waals surface area (Å²) in [5.74, 6) is 0.759. The molecule has 1 aliphatic rings. The van der Waals surface area contributed by atoms with Crippen molar-refractivity contribution in [1.82, 2.24) is 4.90 Å². The standard InChI is InChI=1S/C11H12BrNO2/c12-10-5-3-9(15-10)4-6-11(14)13-7-1-2-8-13/h3-6H,1-2,7-8H2. The molecule has 0 atom stereocenters. The van der Waals surface area contributed by atoms with Crippen LogP contribution in [0.4, 0.5) is 0 Å². The van der Waals surface area contributed by atoms with Crippen LogP contribution >= 0.6 is 15.9 Å². The topological polar surface area (TPSA) is 33.5 Å². The van der Waals surface area contributed by atoms with E-state index in [2.05, 4.69) is 15.9 Å². The van der Waals surface area contributed by atoms with Gasteiger partial charge in [-0.1, -0.05) is 0 Å². The van der Waals surface area contributed by atoms with Crippen LogP contribution in [0.15, 0.2) is 27.3 Å². The lowest BCUT2D eigenvalue weighted by Gasteiger charge is -2.11. The number of furan rings is 1. The van der Waals surface area contributed by atoms with Gasteiger partial charge in [-0.3, -0.25) is 4.79 Å². The van der Waals surface area contributed by atoms with Crippen LogP contribution in [-0.2, 0) is 4.79 Å². The van der Waals surface area contributed by atoms with Crippen molar-refractivity contribution in [2.75, 3.05) is 13.1 Å². The van der Waals surface area contributed by atoms with E-state index in [0.717, 1.165) is 25.9 Å². The molecular weight excluding hydrogens is 258 g/mol. The van der Waals surface area contributed by atoms with Gasteiger partial charge in [0.25, 0.3) is 0 Å². The van der Waals surface area contributed by atoms with Crippen LogP contribution in [0.5, 0.6) is 0 Å². The van der Waals surface area contributed by atoms with E-state index in [1.165, 1.54) is 0 Å². The van der Waals surface area contributed by atoms with Gasteiger partial charge in [0.2, 0.25) is 5.91 Å². The summed E-state index contributed by atoms with van der Waals surface area (Å²) >= 11 is 3.21. The number of hydrogen-bond acceptors (Lipinski definition) is 2. The van der Waals surface area contributed by atoms with E-state index in [0.29, 0.717) is 10.4 Å². The summed E-state index contributed by atoms with van der Waals surface area (Å²) in [5, 5.41) is 0. The number of halogens is 1. The predicted molar refractivity (Wildman–Crippen MR) is 61.3 cm³/mol. The molecule has 0 radical (unpaired) electrons. The Balaban J connectivity index is 1.95. The number of carbonyl (C=O) groups is 1. The van der Waals surface area contributed by atoms with E-state index < -0.39 is 0 Å². The summed E-state index contributed by atoms with van der Waals surface area (Å²) in [6.45, 7) is 1.76. The molecule has 0 unspecified atom stereocenters. The molecule has 1 amide bonds. The van der Waals surface area contributed by atoms with E-state index >= 15 is 0 Å². The van der Waals surface area contributed by atoms with Crippen LogP contribution in [0.1, 0.15) is 18.6 Å². The van der Waals surface area contributed by atoms with Crippen molar-refractivity contribution >= 4 is 27.9 Å². The SMILES string of the molecule is O=C(C=Cc1ccc(Br)o1)N1CCCC1. The number of carbonyl (C=O) groups excluding carboxylic acids is 1. The zero-order chi connectivity index (χ0) is 10.7. The highest BCUT2D eigenvalue weighted by molar-refractivity contribution is 9.10. The average molecular weight is 270 g/mol. The average Bonchev–Trinajstić information content (AvgIpc) is 2.84. The Kier molecular flexibility index (Phi) is 3.26. The summed E-state index contributed by atoms with van der Waals surface area (Å²) in [6.07, 6.45) is 5.50. The zero-order valence-corrected chi connectivity index (χ0v) is 9.87. The molecule has 15 heavy (non-hydrogen) atoms. The number of hydrogen-bond donors (Lipinski definition) is 0. The fourth-order valence-electron chi connectivity index (χ4n) is 1.61. The summed E-state index contributed by atoms with van der Waals surface area (Å²) in [7, 11) is 0. The molecule has 1 saturated heterocycles. The molecule has 3 nitrogen and oxygen atoms in total. The summed E-state index contributed by atoms with van der Waals surface area (Å²) in [5.41, 5.74) is 0. The van der Waals surface area contributed by atoms with Crippen molar-refractivity contribution in [2.45, 2.75) is 12.8 Å². The van der Waals surface area contributed by atoms with Gasteiger partial charge in [0, 0.05) is 19.2 Å². The van der Waals surface area contributed by atoms with Gasteiger partial charge in [-0.05, 0) is 47.0 Å². The highest BCUT2D eigenvalue weighted by atomic mass is 79.9. The molecule has 0 N–H and O–H groups in total. The number of likely N-dealkylation sites (tertiary alicyclic amines) is 1. The van der Waals surface area contributed by atoms with Crippen LogP contribution in [-0.4, -0.2) is 23.9 Å². The third kappa shape index (κ3) is 2.72. The smallest absolute Gasteiger partial charge is 0.246 e. The highest BCUT2D eigenvalue weighted by Gasteiger charge is 2.15. The molecule has 1 aromatic heterocycles. The van der Waals surface area contributed by atoms with Gasteiger partial charge < -0.3 is 9.32 Å². The first-order valence-corrected chi connectivity index (χ1v) is 5.77. The molecule has 2 rings (SSSR count). The quantitative estimate of drug-likeness (QED) is 0.774. The van der Waals surface area contributed by atoms with E-state index in [4.69, 9.17) is 4.42 Å². The highest BCUT2D eigenvalue weighted by Crippen LogP contribution is 2.15. The van der Waals surface area contributed by atoms with E-state index in [-0.39, 0.29) is 5.91 Å². The van der Waals surface area contributed by atoms with Gasteiger partial charge in [-0.25, -0.2) is 0 Å². The molecule has 1 aliphatic heterocycles. The maximum atomic E-state index is 11.6. The minimum absolute atomic E-state index is 0.0695. The van der Waals surface area contributed by atoms with E-state index in [9.17, 15) is 4.79 Å². The summed E-state index contributed by atoms with van der Waals surface area (Å²) in [6, 6.07) is 3.62. The maximum absolute atomic E-state index is 11.6. The molecule has 1 aromatic rings. The van der Waals surface area contributed by atoms with Crippen LogP contribution in [0.25, 0.3) is 6.08 Å². The third-order valence-electron chi connectivity index (χ3n) is 2.40. The number of rotatable bonds is 2. The van der Waals surface area contributed by atoms with Crippen molar-refractivity contribution in [3.63, 3.8) is 0 Å². The van der Waals surface area contributed by atoms with Gasteiger partial charge in [0.15, 0.2) is 4.67 Å². The fourth-order valence-corrected chi connectivity index (χ4v) is 1.93. The predicted octanol–water partition coefficient (Wildman–Crippen LogP) is 2.68. The van der Waals surface area contributed by atoms with Crippen molar-refractivity contribution in [1.29, 1.82) is 0 Å². The molecule has 0 bridgehead atoms. The van der Waals surface area contributed by atoms with Crippen LogP contribution < -0.4 is 0 Å². The Morgan fingerprint density at radius 2 is 2.13 bits per heavy atom. The minimum atomic E-state index is 0.0695. The molecule has 1 fully saturated rings. The lowest BCUT2D eigenvalue weighted by atomic mass is 10.3. The van der Waals surface area contributed by atoms with Gasteiger partial charge in [0.1, 0.15) is 5.76 Å². The lowest BCUT2D eigenvalue weighted by Crippen LogP contribution is -2.25. The van der Waals surface area contributed by atoms with Crippen LogP contribution in [0.3, 0.4) is 0 Å².